The number of nitrogens with zero attached hydrogens (tertiary/aromatic N) is 4. The summed E-state index contributed by atoms with van der Waals surface area (Å²) in [4.78, 5) is 4.67. The molecule has 0 radical (unpaired) electrons. The largest absolute Gasteiger partial charge is 0.371 e. The minimum atomic E-state index is -3.35. The lowest BCUT2D eigenvalue weighted by Gasteiger charge is -2.21. The van der Waals surface area contributed by atoms with Crippen LogP contribution in [0.1, 0.15) is 18.0 Å². The summed E-state index contributed by atoms with van der Waals surface area (Å²) in [6.07, 6.45) is 4.76. The third-order valence-electron chi connectivity index (χ3n) is 4.13. The van der Waals surface area contributed by atoms with Gasteiger partial charge >= 0.3 is 0 Å². The third kappa shape index (κ3) is 2.47. The highest BCUT2D eigenvalue weighted by Gasteiger charge is 2.34. The van der Waals surface area contributed by atoms with Crippen LogP contribution in [0.5, 0.6) is 0 Å². The zero-order valence-electron chi connectivity index (χ0n) is 13.0. The number of hydrogen-bond donors (Lipinski definition) is 1. The summed E-state index contributed by atoms with van der Waals surface area (Å²) >= 11 is 0. The van der Waals surface area contributed by atoms with Crippen LogP contribution in [-0.2, 0) is 10.2 Å². The highest BCUT2D eigenvalue weighted by atomic mass is 32.2. The first-order valence-corrected chi connectivity index (χ1v) is 8.66. The van der Waals surface area contributed by atoms with E-state index in [0.29, 0.717) is 13.1 Å². The summed E-state index contributed by atoms with van der Waals surface area (Å²) in [5, 5.41) is 3.11. The van der Waals surface area contributed by atoms with Crippen molar-refractivity contribution in [2.45, 2.75) is 12.3 Å². The molecule has 0 bridgehead atoms. The second-order valence-electron chi connectivity index (χ2n) is 5.70. The monoisotopic (exact) mass is 323 g/mol. The Morgan fingerprint density at radius 1 is 1.41 bits per heavy atom. The highest BCUT2D eigenvalue weighted by Crippen LogP contribution is 2.30. The number of hydrogen-bond acceptors (Lipinski definition) is 4. The summed E-state index contributed by atoms with van der Waals surface area (Å²) < 4.78 is 29.2. The van der Waals surface area contributed by atoms with Gasteiger partial charge < -0.3 is 9.72 Å². The van der Waals surface area contributed by atoms with E-state index in [1.54, 1.807) is 14.1 Å². The topological polar surface area (TPSA) is 70.0 Å². The van der Waals surface area contributed by atoms with Crippen molar-refractivity contribution < 1.29 is 8.42 Å². The first-order valence-electron chi connectivity index (χ1n) is 7.26. The van der Waals surface area contributed by atoms with E-state index in [-0.39, 0.29) is 5.92 Å². The van der Waals surface area contributed by atoms with Gasteiger partial charge in [0.25, 0.3) is 10.2 Å². The molecule has 0 aromatic carbocycles. The minimum Gasteiger partial charge on any atom is -0.371 e. The van der Waals surface area contributed by atoms with Crippen molar-refractivity contribution in [3.8, 4) is 0 Å². The van der Waals surface area contributed by atoms with Gasteiger partial charge in [-0.25, -0.2) is 4.98 Å². The SMILES string of the molecule is CNc1nc([C@H]2CCN(S(=O)(=O)N(C)C)C2)cn2cccc12. The van der Waals surface area contributed by atoms with Gasteiger partial charge in [-0.3, -0.25) is 0 Å². The molecule has 0 saturated carbocycles. The van der Waals surface area contributed by atoms with Crippen LogP contribution in [0.3, 0.4) is 0 Å². The molecule has 8 heteroatoms. The van der Waals surface area contributed by atoms with Crippen molar-refractivity contribution in [3.05, 3.63) is 30.2 Å². The van der Waals surface area contributed by atoms with Gasteiger partial charge in [0.15, 0.2) is 0 Å². The maximum atomic E-state index is 12.2. The lowest BCUT2D eigenvalue weighted by atomic mass is 10.1. The zero-order chi connectivity index (χ0) is 15.9. The molecule has 1 saturated heterocycles. The first-order chi connectivity index (χ1) is 10.4. The normalized spacial score (nSPS) is 20.1. The summed E-state index contributed by atoms with van der Waals surface area (Å²) in [5.41, 5.74) is 1.94. The predicted molar refractivity (Wildman–Crippen MR) is 86.3 cm³/mol. The van der Waals surface area contributed by atoms with Gasteiger partial charge in [0.2, 0.25) is 0 Å². The number of aromatic nitrogens is 2. The Hall–Kier alpha value is -1.64. The lowest BCUT2D eigenvalue weighted by molar-refractivity contribution is 0.418. The molecule has 1 aliphatic heterocycles. The van der Waals surface area contributed by atoms with Gasteiger partial charge in [0, 0.05) is 52.5 Å². The van der Waals surface area contributed by atoms with E-state index in [1.165, 1.54) is 8.61 Å². The van der Waals surface area contributed by atoms with Gasteiger partial charge in [0.1, 0.15) is 5.82 Å². The number of anilines is 1. The molecule has 1 N–H and O–H groups in total. The zero-order valence-corrected chi connectivity index (χ0v) is 13.8. The quantitative estimate of drug-likeness (QED) is 0.910. The summed E-state index contributed by atoms with van der Waals surface area (Å²) in [6.45, 7) is 1.01. The van der Waals surface area contributed by atoms with Gasteiger partial charge in [-0.2, -0.15) is 17.0 Å². The Morgan fingerprint density at radius 3 is 2.86 bits per heavy atom. The van der Waals surface area contributed by atoms with Gasteiger partial charge in [-0.1, -0.05) is 0 Å². The van der Waals surface area contributed by atoms with E-state index in [1.807, 2.05) is 36.0 Å². The second kappa shape index (κ2) is 5.53. The molecule has 0 spiro atoms. The molecule has 1 fully saturated rings. The van der Waals surface area contributed by atoms with Crippen LogP contribution in [0.4, 0.5) is 5.82 Å². The predicted octanol–water partition coefficient (Wildman–Crippen LogP) is 0.972. The average molecular weight is 323 g/mol. The van der Waals surface area contributed by atoms with Crippen LogP contribution < -0.4 is 5.32 Å². The molecule has 1 aliphatic rings. The summed E-state index contributed by atoms with van der Waals surface area (Å²) in [7, 11) is 1.62. The summed E-state index contributed by atoms with van der Waals surface area (Å²) in [6, 6.07) is 3.97. The van der Waals surface area contributed by atoms with Crippen molar-refractivity contribution in [2.24, 2.45) is 0 Å². The molecule has 0 unspecified atom stereocenters. The molecule has 0 amide bonds. The van der Waals surface area contributed by atoms with Crippen molar-refractivity contribution >= 4 is 21.5 Å². The van der Waals surface area contributed by atoms with Crippen molar-refractivity contribution in [1.82, 2.24) is 18.0 Å². The van der Waals surface area contributed by atoms with Crippen molar-refractivity contribution in [2.75, 3.05) is 39.5 Å². The van der Waals surface area contributed by atoms with Crippen LogP contribution >= 0.6 is 0 Å². The summed E-state index contributed by atoms with van der Waals surface area (Å²) in [5.74, 6) is 0.935. The third-order valence-corrected chi connectivity index (χ3v) is 6.03. The van der Waals surface area contributed by atoms with Crippen LogP contribution in [0.15, 0.2) is 24.5 Å². The Labute approximate surface area is 130 Å². The number of rotatable bonds is 4. The fraction of sp³-hybridized carbons (Fsp3) is 0.500. The highest BCUT2D eigenvalue weighted by molar-refractivity contribution is 7.86. The Kier molecular flexibility index (Phi) is 3.84. The Morgan fingerprint density at radius 2 is 2.18 bits per heavy atom. The maximum Gasteiger partial charge on any atom is 0.281 e. The molecule has 2 aromatic heterocycles. The maximum absolute atomic E-state index is 12.2. The van der Waals surface area contributed by atoms with Crippen LogP contribution in [0, 0.1) is 0 Å². The number of nitrogens with one attached hydrogen (secondary N) is 1. The molecular formula is C14H21N5O2S. The fourth-order valence-electron chi connectivity index (χ4n) is 2.86. The molecule has 120 valence electrons. The molecule has 7 nitrogen and oxygen atoms in total. The molecule has 0 aliphatic carbocycles. The molecule has 2 aromatic rings. The van der Waals surface area contributed by atoms with Crippen LogP contribution in [0.2, 0.25) is 0 Å². The fourth-order valence-corrected chi connectivity index (χ4v) is 4.02. The van der Waals surface area contributed by atoms with Gasteiger partial charge in [-0.15, -0.1) is 0 Å². The lowest BCUT2D eigenvalue weighted by Crippen LogP contribution is -2.38. The van der Waals surface area contributed by atoms with E-state index in [9.17, 15) is 8.42 Å². The minimum absolute atomic E-state index is 0.119. The molecule has 1 atom stereocenters. The Balaban J connectivity index is 1.90. The van der Waals surface area contributed by atoms with Crippen molar-refractivity contribution in [3.63, 3.8) is 0 Å². The molecule has 3 heterocycles. The average Bonchev–Trinajstić information content (AvgIpc) is 3.14. The van der Waals surface area contributed by atoms with Crippen LogP contribution in [0.25, 0.3) is 5.52 Å². The first kappa shape index (κ1) is 15.3. The molecule has 3 rings (SSSR count). The van der Waals surface area contributed by atoms with Crippen molar-refractivity contribution in [1.29, 1.82) is 0 Å². The molecular weight excluding hydrogens is 302 g/mol. The number of fused-ring (bicyclic) bond motifs is 1. The standard InChI is InChI=1S/C14H21N5O2S/c1-15-14-13-5-4-7-18(13)10-12(16-14)11-6-8-19(9-11)22(20,21)17(2)3/h4-5,7,10-11H,6,8-9H2,1-3H3,(H,15,16)/t11-/m0/s1. The smallest absolute Gasteiger partial charge is 0.281 e. The van der Waals surface area contributed by atoms with E-state index < -0.39 is 10.2 Å². The second-order valence-corrected chi connectivity index (χ2v) is 7.84. The Bertz CT molecular complexity index is 784. The van der Waals surface area contributed by atoms with Crippen LogP contribution in [-0.4, -0.2) is 60.6 Å². The van der Waals surface area contributed by atoms with E-state index >= 15 is 0 Å². The van der Waals surface area contributed by atoms with Gasteiger partial charge in [-0.05, 0) is 18.6 Å². The van der Waals surface area contributed by atoms with E-state index in [4.69, 9.17) is 0 Å². The van der Waals surface area contributed by atoms with E-state index in [0.717, 1.165) is 23.4 Å². The molecule has 22 heavy (non-hydrogen) atoms. The van der Waals surface area contributed by atoms with E-state index in [2.05, 4.69) is 10.3 Å². The van der Waals surface area contributed by atoms with Gasteiger partial charge in [0.05, 0.1) is 11.2 Å².